The molecule has 0 saturated carbocycles. The standard InChI is InChI=1S/C16H16N6O/c1-12-5-3-6-14(13(12)2)22(8-4-7-17)16(23)10-21-11-19-15(9-18)20-21/h3,5-6,11H,4,8,10H2,1-2H3. The molecule has 0 aliphatic heterocycles. The molecule has 0 spiro atoms. The number of carbonyl (C=O) groups excluding carboxylic acids is 1. The summed E-state index contributed by atoms with van der Waals surface area (Å²) >= 11 is 0. The molecule has 116 valence electrons. The Morgan fingerprint density at radius 1 is 1.35 bits per heavy atom. The van der Waals surface area contributed by atoms with E-state index in [1.165, 1.54) is 11.0 Å². The van der Waals surface area contributed by atoms with Crippen LogP contribution in [0, 0.1) is 36.5 Å². The van der Waals surface area contributed by atoms with Gasteiger partial charge in [-0.05, 0) is 31.0 Å². The summed E-state index contributed by atoms with van der Waals surface area (Å²) in [4.78, 5) is 18.0. The average molecular weight is 308 g/mol. The Bertz CT molecular complexity index is 796. The number of hydrogen-bond acceptors (Lipinski definition) is 5. The van der Waals surface area contributed by atoms with Gasteiger partial charge in [0.15, 0.2) is 0 Å². The van der Waals surface area contributed by atoms with Crippen LogP contribution in [0.2, 0.25) is 0 Å². The highest BCUT2D eigenvalue weighted by atomic mass is 16.2. The van der Waals surface area contributed by atoms with Gasteiger partial charge < -0.3 is 4.90 Å². The molecule has 0 N–H and O–H groups in total. The lowest BCUT2D eigenvalue weighted by molar-refractivity contribution is -0.119. The van der Waals surface area contributed by atoms with Crippen molar-refractivity contribution in [3.05, 3.63) is 41.5 Å². The lowest BCUT2D eigenvalue weighted by atomic mass is 10.1. The van der Waals surface area contributed by atoms with Gasteiger partial charge in [-0.1, -0.05) is 12.1 Å². The van der Waals surface area contributed by atoms with Crippen molar-refractivity contribution in [3.8, 4) is 12.1 Å². The first-order chi connectivity index (χ1) is 11.1. The van der Waals surface area contributed by atoms with Crippen molar-refractivity contribution in [2.24, 2.45) is 0 Å². The molecule has 1 heterocycles. The maximum atomic E-state index is 12.6. The molecule has 23 heavy (non-hydrogen) atoms. The highest BCUT2D eigenvalue weighted by Crippen LogP contribution is 2.23. The Labute approximate surface area is 134 Å². The van der Waals surface area contributed by atoms with Crippen LogP contribution in [0.5, 0.6) is 0 Å². The average Bonchev–Trinajstić information content (AvgIpc) is 2.99. The molecular weight excluding hydrogens is 292 g/mol. The quantitative estimate of drug-likeness (QED) is 0.837. The van der Waals surface area contributed by atoms with Gasteiger partial charge in [0.25, 0.3) is 5.82 Å². The summed E-state index contributed by atoms with van der Waals surface area (Å²) in [5, 5.41) is 21.5. The number of carbonyl (C=O) groups is 1. The van der Waals surface area contributed by atoms with Gasteiger partial charge in [0.1, 0.15) is 18.9 Å². The second-order valence-corrected chi connectivity index (χ2v) is 5.05. The number of aromatic nitrogens is 3. The number of nitriles is 2. The summed E-state index contributed by atoms with van der Waals surface area (Å²) < 4.78 is 1.32. The number of hydrogen-bond donors (Lipinski definition) is 0. The number of rotatable bonds is 5. The minimum absolute atomic E-state index is 0.0214. The van der Waals surface area contributed by atoms with Gasteiger partial charge in [-0.15, -0.1) is 5.10 Å². The van der Waals surface area contributed by atoms with Gasteiger partial charge in [0, 0.05) is 12.2 Å². The third-order valence-electron chi connectivity index (χ3n) is 3.55. The molecule has 7 heteroatoms. The van der Waals surface area contributed by atoms with Gasteiger partial charge in [-0.3, -0.25) is 4.79 Å². The molecule has 0 aliphatic rings. The number of benzene rings is 1. The topological polar surface area (TPSA) is 98.6 Å². The molecule has 7 nitrogen and oxygen atoms in total. The summed E-state index contributed by atoms with van der Waals surface area (Å²) in [5.74, 6) is -0.184. The fourth-order valence-corrected chi connectivity index (χ4v) is 2.22. The van der Waals surface area contributed by atoms with E-state index in [1.54, 1.807) is 4.90 Å². The minimum Gasteiger partial charge on any atom is -0.310 e. The predicted molar refractivity (Wildman–Crippen MR) is 83.2 cm³/mol. The number of aryl methyl sites for hydroxylation is 1. The van der Waals surface area contributed by atoms with E-state index in [9.17, 15) is 4.79 Å². The van der Waals surface area contributed by atoms with Crippen LogP contribution < -0.4 is 4.90 Å². The van der Waals surface area contributed by atoms with Crippen molar-refractivity contribution in [2.45, 2.75) is 26.8 Å². The lowest BCUT2D eigenvalue weighted by Crippen LogP contribution is -2.35. The maximum absolute atomic E-state index is 12.6. The van der Waals surface area contributed by atoms with Crippen molar-refractivity contribution in [1.29, 1.82) is 10.5 Å². The van der Waals surface area contributed by atoms with Crippen LogP contribution in [0.25, 0.3) is 0 Å². The van der Waals surface area contributed by atoms with E-state index >= 15 is 0 Å². The molecule has 0 aliphatic carbocycles. The van der Waals surface area contributed by atoms with Crippen LogP contribution in [-0.4, -0.2) is 27.2 Å². The second-order valence-electron chi connectivity index (χ2n) is 5.05. The second kappa shape index (κ2) is 7.19. The molecule has 0 atom stereocenters. The normalized spacial score (nSPS) is 9.91. The van der Waals surface area contributed by atoms with Gasteiger partial charge in [0.05, 0.1) is 12.5 Å². The number of nitrogens with zero attached hydrogens (tertiary/aromatic N) is 6. The van der Waals surface area contributed by atoms with Gasteiger partial charge in [0.2, 0.25) is 5.91 Å². The number of amides is 1. The minimum atomic E-state index is -0.205. The maximum Gasteiger partial charge on any atom is 0.252 e. The molecule has 0 bridgehead atoms. The Kier molecular flexibility index (Phi) is 5.06. The summed E-state index contributed by atoms with van der Waals surface area (Å²) in [6.45, 7) is 4.19. The van der Waals surface area contributed by atoms with E-state index in [0.717, 1.165) is 16.8 Å². The Morgan fingerprint density at radius 3 is 2.78 bits per heavy atom. The SMILES string of the molecule is Cc1cccc(N(CCC#N)C(=O)Cn2cnc(C#N)n2)c1C. The molecular formula is C16H16N6O. The Balaban J connectivity index is 2.27. The lowest BCUT2D eigenvalue weighted by Gasteiger charge is -2.24. The van der Waals surface area contributed by atoms with Crippen molar-refractivity contribution in [1.82, 2.24) is 14.8 Å². The van der Waals surface area contributed by atoms with E-state index in [2.05, 4.69) is 16.2 Å². The van der Waals surface area contributed by atoms with Crippen LogP contribution in [0.15, 0.2) is 24.5 Å². The first kappa shape index (κ1) is 16.2. The fraction of sp³-hybridized carbons (Fsp3) is 0.312. The first-order valence-electron chi connectivity index (χ1n) is 7.10. The highest BCUT2D eigenvalue weighted by molar-refractivity contribution is 5.94. The van der Waals surface area contributed by atoms with E-state index in [0.29, 0.717) is 6.54 Å². The van der Waals surface area contributed by atoms with E-state index < -0.39 is 0 Å². The molecule has 0 fully saturated rings. The van der Waals surface area contributed by atoms with Crippen LogP contribution in [0.1, 0.15) is 23.4 Å². The zero-order chi connectivity index (χ0) is 16.8. The third-order valence-corrected chi connectivity index (χ3v) is 3.55. The van der Waals surface area contributed by atoms with E-state index in [1.807, 2.05) is 38.1 Å². The molecule has 2 aromatic rings. The monoisotopic (exact) mass is 308 g/mol. The fourth-order valence-electron chi connectivity index (χ4n) is 2.22. The molecule has 0 saturated heterocycles. The van der Waals surface area contributed by atoms with E-state index in [-0.39, 0.29) is 24.7 Å². The van der Waals surface area contributed by atoms with Crippen molar-refractivity contribution in [2.75, 3.05) is 11.4 Å². The Morgan fingerprint density at radius 2 is 2.13 bits per heavy atom. The van der Waals surface area contributed by atoms with Crippen LogP contribution in [-0.2, 0) is 11.3 Å². The van der Waals surface area contributed by atoms with E-state index in [4.69, 9.17) is 10.5 Å². The summed E-state index contributed by atoms with van der Waals surface area (Å²) in [6.07, 6.45) is 1.59. The molecule has 0 unspecified atom stereocenters. The van der Waals surface area contributed by atoms with Gasteiger partial charge in [-0.2, -0.15) is 10.5 Å². The number of anilines is 1. The van der Waals surface area contributed by atoms with Crippen LogP contribution in [0.3, 0.4) is 0 Å². The van der Waals surface area contributed by atoms with Gasteiger partial charge >= 0.3 is 0 Å². The molecule has 1 aromatic heterocycles. The van der Waals surface area contributed by atoms with Crippen LogP contribution >= 0.6 is 0 Å². The zero-order valence-electron chi connectivity index (χ0n) is 13.0. The summed E-state index contributed by atoms with van der Waals surface area (Å²) in [5.41, 5.74) is 2.85. The van der Waals surface area contributed by atoms with Crippen molar-refractivity contribution < 1.29 is 4.79 Å². The third kappa shape index (κ3) is 3.72. The predicted octanol–water partition coefficient (Wildman–Crippen LogP) is 1.71. The largest absolute Gasteiger partial charge is 0.310 e. The van der Waals surface area contributed by atoms with Crippen LogP contribution in [0.4, 0.5) is 5.69 Å². The molecule has 1 aromatic carbocycles. The Hall–Kier alpha value is -3.19. The molecule has 0 radical (unpaired) electrons. The molecule has 2 rings (SSSR count). The highest BCUT2D eigenvalue weighted by Gasteiger charge is 2.19. The van der Waals surface area contributed by atoms with Gasteiger partial charge in [-0.25, -0.2) is 9.67 Å². The zero-order valence-corrected chi connectivity index (χ0v) is 13.0. The summed E-state index contributed by atoms with van der Waals surface area (Å²) in [7, 11) is 0. The first-order valence-corrected chi connectivity index (χ1v) is 7.10. The summed E-state index contributed by atoms with van der Waals surface area (Å²) in [6, 6.07) is 9.60. The van der Waals surface area contributed by atoms with Crippen molar-refractivity contribution >= 4 is 11.6 Å². The smallest absolute Gasteiger partial charge is 0.252 e. The van der Waals surface area contributed by atoms with Crippen molar-refractivity contribution in [3.63, 3.8) is 0 Å². The molecule has 1 amide bonds.